The summed E-state index contributed by atoms with van der Waals surface area (Å²) < 4.78 is 0. The van der Waals surface area contributed by atoms with Crippen molar-refractivity contribution in [3.05, 3.63) is 12.3 Å². The van der Waals surface area contributed by atoms with E-state index in [0.29, 0.717) is 0 Å². The number of rotatable bonds is 5. The molecule has 0 unspecified atom stereocenters. The van der Waals surface area contributed by atoms with Gasteiger partial charge in [0, 0.05) is 6.20 Å². The van der Waals surface area contributed by atoms with E-state index in [1.807, 2.05) is 0 Å². The summed E-state index contributed by atoms with van der Waals surface area (Å²) in [6, 6.07) is 1.50. The number of aliphatic hydroxyl groups excluding tert-OH is 3. The van der Waals surface area contributed by atoms with Crippen molar-refractivity contribution in [2.75, 3.05) is 30.9 Å². The molecule has 6 N–H and O–H groups in total. The molecule has 0 radical (unpaired) electrons. The largest absolute Gasteiger partial charge is 0.394 e. The first-order chi connectivity index (χ1) is 7.15. The van der Waals surface area contributed by atoms with Crippen LogP contribution >= 0.6 is 0 Å². The molecule has 0 bridgehead atoms. The van der Waals surface area contributed by atoms with Gasteiger partial charge >= 0.3 is 0 Å². The zero-order valence-corrected chi connectivity index (χ0v) is 8.09. The Labute approximate surface area is 86.6 Å². The van der Waals surface area contributed by atoms with Crippen molar-refractivity contribution in [2.24, 2.45) is 0 Å². The fourth-order valence-corrected chi connectivity index (χ4v) is 0.939. The Bertz CT molecular complexity index is 308. The van der Waals surface area contributed by atoms with E-state index in [0.717, 1.165) is 0 Å². The van der Waals surface area contributed by atoms with Crippen molar-refractivity contribution in [3.63, 3.8) is 0 Å². The van der Waals surface area contributed by atoms with E-state index in [2.05, 4.69) is 15.3 Å². The van der Waals surface area contributed by atoms with Gasteiger partial charge in [-0.15, -0.1) is 0 Å². The van der Waals surface area contributed by atoms with Crippen molar-refractivity contribution in [2.45, 2.75) is 5.54 Å². The van der Waals surface area contributed by atoms with Crippen LogP contribution < -0.4 is 11.1 Å². The molecule has 0 aliphatic carbocycles. The Morgan fingerprint density at radius 1 is 1.27 bits per heavy atom. The van der Waals surface area contributed by atoms with Crippen molar-refractivity contribution in [1.29, 1.82) is 0 Å². The average Bonchev–Trinajstić information content (AvgIpc) is 2.26. The summed E-state index contributed by atoms with van der Waals surface area (Å²) in [5.41, 5.74) is 4.18. The Balaban J connectivity index is 2.82. The summed E-state index contributed by atoms with van der Waals surface area (Å²) >= 11 is 0. The second kappa shape index (κ2) is 4.87. The third kappa shape index (κ3) is 2.75. The van der Waals surface area contributed by atoms with E-state index >= 15 is 0 Å². The topological polar surface area (TPSA) is 125 Å². The second-order valence-electron chi connectivity index (χ2n) is 3.18. The summed E-state index contributed by atoms with van der Waals surface area (Å²) in [5, 5.41) is 29.7. The van der Waals surface area contributed by atoms with Crippen LogP contribution in [-0.4, -0.2) is 50.6 Å². The van der Waals surface area contributed by atoms with Crippen LogP contribution in [0.25, 0.3) is 0 Å². The maximum atomic E-state index is 9.04. The Morgan fingerprint density at radius 2 is 1.87 bits per heavy atom. The molecule has 0 aromatic carbocycles. The van der Waals surface area contributed by atoms with E-state index in [1.165, 1.54) is 12.3 Å². The lowest BCUT2D eigenvalue weighted by molar-refractivity contribution is 0.0828. The van der Waals surface area contributed by atoms with Crippen LogP contribution in [0.4, 0.5) is 11.8 Å². The van der Waals surface area contributed by atoms with E-state index in [9.17, 15) is 0 Å². The number of anilines is 2. The summed E-state index contributed by atoms with van der Waals surface area (Å²) in [6.07, 6.45) is 1.43. The molecule has 1 heterocycles. The first-order valence-electron chi connectivity index (χ1n) is 4.35. The van der Waals surface area contributed by atoms with Crippen LogP contribution in [0.15, 0.2) is 12.3 Å². The van der Waals surface area contributed by atoms with E-state index < -0.39 is 25.4 Å². The predicted molar refractivity (Wildman–Crippen MR) is 54.1 cm³/mol. The number of nitrogens with one attached hydrogen (secondary N) is 1. The smallest absolute Gasteiger partial charge is 0.225 e. The highest BCUT2D eigenvalue weighted by Gasteiger charge is 2.28. The molecule has 1 rings (SSSR count). The Morgan fingerprint density at radius 3 is 2.33 bits per heavy atom. The van der Waals surface area contributed by atoms with Crippen LogP contribution in [0.1, 0.15) is 0 Å². The van der Waals surface area contributed by atoms with Crippen LogP contribution in [0, 0.1) is 0 Å². The van der Waals surface area contributed by atoms with Crippen molar-refractivity contribution >= 4 is 11.8 Å². The monoisotopic (exact) mass is 214 g/mol. The number of nitrogens with two attached hydrogens (primary N) is 1. The zero-order valence-electron chi connectivity index (χ0n) is 8.09. The number of nitrogens with zero attached hydrogens (tertiary/aromatic N) is 2. The molecule has 0 aliphatic rings. The Hall–Kier alpha value is -1.44. The molecule has 7 heteroatoms. The summed E-state index contributed by atoms with van der Waals surface area (Å²) in [7, 11) is 0. The van der Waals surface area contributed by atoms with Gasteiger partial charge in [-0.25, -0.2) is 4.98 Å². The van der Waals surface area contributed by atoms with Crippen molar-refractivity contribution in [1.82, 2.24) is 9.97 Å². The highest BCUT2D eigenvalue weighted by Crippen LogP contribution is 2.11. The molecule has 1 aromatic heterocycles. The third-order valence-electron chi connectivity index (χ3n) is 1.96. The van der Waals surface area contributed by atoms with Crippen molar-refractivity contribution < 1.29 is 15.3 Å². The summed E-state index contributed by atoms with van der Waals surface area (Å²) in [4.78, 5) is 7.66. The molecule has 0 saturated heterocycles. The van der Waals surface area contributed by atoms with E-state index in [-0.39, 0.29) is 11.8 Å². The molecule has 0 aliphatic heterocycles. The van der Waals surface area contributed by atoms with Gasteiger partial charge in [0.25, 0.3) is 0 Å². The van der Waals surface area contributed by atoms with E-state index in [1.54, 1.807) is 0 Å². The fraction of sp³-hybridized carbons (Fsp3) is 0.500. The van der Waals surface area contributed by atoms with Gasteiger partial charge in [0.15, 0.2) is 0 Å². The molecule has 15 heavy (non-hydrogen) atoms. The first kappa shape index (κ1) is 11.6. The Kier molecular flexibility index (Phi) is 3.78. The molecule has 7 nitrogen and oxygen atoms in total. The third-order valence-corrected chi connectivity index (χ3v) is 1.96. The lowest BCUT2D eigenvalue weighted by Crippen LogP contribution is -2.49. The quantitative estimate of drug-likeness (QED) is 0.391. The second-order valence-corrected chi connectivity index (χ2v) is 3.18. The van der Waals surface area contributed by atoms with Gasteiger partial charge in [0.1, 0.15) is 11.4 Å². The van der Waals surface area contributed by atoms with Gasteiger partial charge in [-0.1, -0.05) is 0 Å². The minimum atomic E-state index is -1.24. The number of hydrogen-bond donors (Lipinski definition) is 5. The van der Waals surface area contributed by atoms with Gasteiger partial charge in [-0.05, 0) is 6.07 Å². The van der Waals surface area contributed by atoms with Crippen LogP contribution in [-0.2, 0) is 0 Å². The summed E-state index contributed by atoms with van der Waals surface area (Å²) in [5.74, 6) is 0.405. The van der Waals surface area contributed by atoms with Crippen LogP contribution in [0.3, 0.4) is 0 Å². The number of nitrogen functional groups attached to an aromatic ring is 1. The lowest BCUT2D eigenvalue weighted by Gasteiger charge is -2.28. The molecule has 0 saturated carbocycles. The molecule has 84 valence electrons. The molecule has 0 fully saturated rings. The van der Waals surface area contributed by atoms with Crippen molar-refractivity contribution in [3.8, 4) is 0 Å². The normalized spacial score (nSPS) is 11.4. The van der Waals surface area contributed by atoms with Gasteiger partial charge in [-0.2, -0.15) is 4.98 Å². The maximum Gasteiger partial charge on any atom is 0.225 e. The molecule has 0 amide bonds. The lowest BCUT2D eigenvalue weighted by atomic mass is 10.0. The maximum absolute atomic E-state index is 9.04. The summed E-state index contributed by atoms with van der Waals surface area (Å²) in [6.45, 7) is -1.34. The fourth-order valence-electron chi connectivity index (χ4n) is 0.939. The highest BCUT2D eigenvalue weighted by atomic mass is 16.3. The minimum absolute atomic E-state index is 0.146. The van der Waals surface area contributed by atoms with Crippen LogP contribution in [0.5, 0.6) is 0 Å². The predicted octanol–water partition coefficient (Wildman–Crippen LogP) is -1.81. The van der Waals surface area contributed by atoms with Gasteiger partial charge in [-0.3, -0.25) is 0 Å². The molecule has 1 aromatic rings. The van der Waals surface area contributed by atoms with Gasteiger partial charge < -0.3 is 26.4 Å². The van der Waals surface area contributed by atoms with Crippen LogP contribution in [0.2, 0.25) is 0 Å². The molecule has 0 spiro atoms. The SMILES string of the molecule is Nc1ccnc(NC(CO)(CO)CO)n1. The van der Waals surface area contributed by atoms with E-state index in [4.69, 9.17) is 21.1 Å². The average molecular weight is 214 g/mol. The standard InChI is InChI=1S/C8H14N4O3/c9-6-1-2-10-7(11-6)12-8(3-13,4-14)5-15/h1-2,13-15H,3-5H2,(H3,9,10,11,12). The highest BCUT2D eigenvalue weighted by molar-refractivity contribution is 5.37. The van der Waals surface area contributed by atoms with Gasteiger partial charge in [0.05, 0.1) is 19.8 Å². The number of aromatic nitrogens is 2. The zero-order chi connectivity index (χ0) is 11.3. The molecular formula is C8H14N4O3. The number of aliphatic hydroxyl groups is 3. The first-order valence-corrected chi connectivity index (χ1v) is 4.35. The molecule has 0 atom stereocenters. The molecular weight excluding hydrogens is 200 g/mol. The van der Waals surface area contributed by atoms with Gasteiger partial charge in [0.2, 0.25) is 5.95 Å². The minimum Gasteiger partial charge on any atom is -0.394 e. The number of hydrogen-bond acceptors (Lipinski definition) is 7.